The lowest BCUT2D eigenvalue weighted by Crippen LogP contribution is -2.53. The summed E-state index contributed by atoms with van der Waals surface area (Å²) >= 11 is 0. The van der Waals surface area contributed by atoms with Gasteiger partial charge in [0, 0.05) is 39.1 Å². The molecule has 3 aliphatic rings. The first-order valence-corrected chi connectivity index (χ1v) is 10.1. The first-order valence-electron chi connectivity index (χ1n) is 10.1. The molecule has 1 amide bonds. The Bertz CT molecular complexity index is 739. The van der Waals surface area contributed by atoms with E-state index in [-0.39, 0.29) is 24.4 Å². The van der Waals surface area contributed by atoms with Crippen molar-refractivity contribution in [2.24, 2.45) is 0 Å². The molecule has 0 radical (unpaired) electrons. The largest absolute Gasteiger partial charge is 0.449 e. The second-order valence-corrected chi connectivity index (χ2v) is 8.38. The van der Waals surface area contributed by atoms with Gasteiger partial charge in [-0.2, -0.15) is 13.2 Å². The highest BCUT2D eigenvalue weighted by atomic mass is 19.4. The molecular formula is C19H28F3N5O. The Morgan fingerprint density at radius 3 is 2.39 bits per heavy atom. The fourth-order valence-corrected chi connectivity index (χ4v) is 4.85. The van der Waals surface area contributed by atoms with Gasteiger partial charge in [0.1, 0.15) is 0 Å². The maximum Gasteiger partial charge on any atom is 0.449 e. The third kappa shape index (κ3) is 3.54. The zero-order valence-corrected chi connectivity index (χ0v) is 16.5. The maximum atomic E-state index is 13.6. The van der Waals surface area contributed by atoms with Gasteiger partial charge in [-0.05, 0) is 45.8 Å². The van der Waals surface area contributed by atoms with Gasteiger partial charge in [0.25, 0.3) is 0 Å². The first-order chi connectivity index (χ1) is 13.3. The number of alkyl halides is 3. The summed E-state index contributed by atoms with van der Waals surface area (Å²) in [5, 5.41) is 0. The molecule has 4 heterocycles. The second kappa shape index (κ2) is 7.33. The van der Waals surface area contributed by atoms with Crippen LogP contribution in [0.2, 0.25) is 0 Å². The van der Waals surface area contributed by atoms with Crippen LogP contribution >= 0.6 is 0 Å². The van der Waals surface area contributed by atoms with Crippen LogP contribution in [-0.2, 0) is 24.1 Å². The van der Waals surface area contributed by atoms with Crippen LogP contribution < -0.4 is 0 Å². The number of imidazole rings is 1. The Kier molecular flexibility index (Phi) is 5.16. The standard InChI is InChI=1S/C19H28F3N5O/c1-24-8-5-13(6-9-24)16-15-12-26(14-4-3-7-25(2)17(14)28)10-11-27(15)18(23-16)19(20,21)22/h13-14H,3-12H2,1-2H3. The van der Waals surface area contributed by atoms with Crippen molar-refractivity contribution in [2.45, 2.75) is 56.9 Å². The van der Waals surface area contributed by atoms with E-state index in [1.165, 1.54) is 4.57 Å². The van der Waals surface area contributed by atoms with Gasteiger partial charge < -0.3 is 14.4 Å². The Hall–Kier alpha value is -1.61. The van der Waals surface area contributed by atoms with Gasteiger partial charge >= 0.3 is 6.18 Å². The van der Waals surface area contributed by atoms with Crippen molar-refractivity contribution in [3.05, 3.63) is 17.2 Å². The van der Waals surface area contributed by atoms with Crippen molar-refractivity contribution in [3.63, 3.8) is 0 Å². The molecule has 3 aliphatic heterocycles. The Morgan fingerprint density at radius 2 is 1.71 bits per heavy atom. The van der Waals surface area contributed by atoms with Crippen LogP contribution in [0.25, 0.3) is 0 Å². The van der Waals surface area contributed by atoms with Crippen LogP contribution in [0.5, 0.6) is 0 Å². The first kappa shape index (κ1) is 19.7. The quantitative estimate of drug-likeness (QED) is 0.765. The summed E-state index contributed by atoms with van der Waals surface area (Å²) in [6.45, 7) is 3.54. The molecule has 28 heavy (non-hydrogen) atoms. The molecule has 1 atom stereocenters. The summed E-state index contributed by atoms with van der Waals surface area (Å²) in [6.07, 6.45) is -1.11. The molecule has 2 saturated heterocycles. The van der Waals surface area contributed by atoms with Crippen LogP contribution in [-0.4, -0.2) is 76.5 Å². The van der Waals surface area contributed by atoms with Gasteiger partial charge in [-0.15, -0.1) is 0 Å². The minimum absolute atomic E-state index is 0.0539. The number of aromatic nitrogens is 2. The molecular weight excluding hydrogens is 371 g/mol. The van der Waals surface area contributed by atoms with E-state index < -0.39 is 12.0 Å². The van der Waals surface area contributed by atoms with Gasteiger partial charge in [0.05, 0.1) is 17.4 Å². The Balaban J connectivity index is 1.65. The molecule has 4 rings (SSSR count). The smallest absolute Gasteiger partial charge is 0.344 e. The molecule has 1 aromatic rings. The fourth-order valence-electron chi connectivity index (χ4n) is 4.85. The minimum Gasteiger partial charge on any atom is -0.344 e. The highest BCUT2D eigenvalue weighted by Gasteiger charge is 2.43. The number of rotatable bonds is 2. The van der Waals surface area contributed by atoms with Crippen molar-refractivity contribution < 1.29 is 18.0 Å². The van der Waals surface area contributed by atoms with Crippen molar-refractivity contribution in [1.82, 2.24) is 24.3 Å². The normalized spacial score (nSPS) is 26.0. The molecule has 1 aromatic heterocycles. The minimum atomic E-state index is -4.46. The average molecular weight is 399 g/mol. The lowest BCUT2D eigenvalue weighted by Gasteiger charge is -2.40. The zero-order valence-electron chi connectivity index (χ0n) is 16.5. The lowest BCUT2D eigenvalue weighted by atomic mass is 9.92. The van der Waals surface area contributed by atoms with E-state index in [1.54, 1.807) is 11.9 Å². The van der Waals surface area contributed by atoms with Crippen LogP contribution in [0, 0.1) is 0 Å². The molecule has 0 saturated carbocycles. The van der Waals surface area contributed by atoms with Gasteiger partial charge in [0.15, 0.2) is 0 Å². The summed E-state index contributed by atoms with van der Waals surface area (Å²) in [4.78, 5) is 22.7. The van der Waals surface area contributed by atoms with E-state index in [0.717, 1.165) is 45.3 Å². The van der Waals surface area contributed by atoms with Gasteiger partial charge in [-0.1, -0.05) is 0 Å². The average Bonchev–Trinajstić information content (AvgIpc) is 3.04. The number of carbonyl (C=O) groups excluding carboxylic acids is 1. The molecule has 1 unspecified atom stereocenters. The predicted molar refractivity (Wildman–Crippen MR) is 97.8 cm³/mol. The molecule has 0 aliphatic carbocycles. The van der Waals surface area contributed by atoms with E-state index in [4.69, 9.17) is 0 Å². The molecule has 0 aromatic carbocycles. The number of nitrogens with zero attached hydrogens (tertiary/aromatic N) is 5. The Morgan fingerprint density at radius 1 is 1.00 bits per heavy atom. The third-order valence-electron chi connectivity index (χ3n) is 6.50. The van der Waals surface area contributed by atoms with E-state index in [1.807, 2.05) is 7.05 Å². The summed E-state index contributed by atoms with van der Waals surface area (Å²) in [5.74, 6) is -0.641. The van der Waals surface area contributed by atoms with Crippen molar-refractivity contribution >= 4 is 5.91 Å². The number of halogens is 3. The molecule has 156 valence electrons. The SMILES string of the molecule is CN1CCC(c2nc(C(F)(F)F)n3c2CN(C2CCCN(C)C2=O)CC3)CC1. The number of hydrogen-bond donors (Lipinski definition) is 0. The van der Waals surface area contributed by atoms with E-state index in [0.29, 0.717) is 24.5 Å². The summed E-state index contributed by atoms with van der Waals surface area (Å²) in [7, 11) is 3.83. The number of fused-ring (bicyclic) bond motifs is 1. The van der Waals surface area contributed by atoms with E-state index in [9.17, 15) is 18.0 Å². The molecule has 2 fully saturated rings. The summed E-state index contributed by atoms with van der Waals surface area (Å²) in [6, 6.07) is -0.234. The molecule has 0 N–H and O–H groups in total. The zero-order chi connectivity index (χ0) is 20.1. The maximum absolute atomic E-state index is 13.6. The topological polar surface area (TPSA) is 44.6 Å². The highest BCUT2D eigenvalue weighted by Crippen LogP contribution is 2.38. The number of likely N-dealkylation sites (N-methyl/N-ethyl adjacent to an activating group) is 1. The molecule has 0 bridgehead atoms. The number of hydrogen-bond acceptors (Lipinski definition) is 4. The van der Waals surface area contributed by atoms with Gasteiger partial charge in [-0.25, -0.2) is 4.98 Å². The fraction of sp³-hybridized carbons (Fsp3) is 0.789. The highest BCUT2D eigenvalue weighted by molar-refractivity contribution is 5.82. The number of amides is 1. The Labute approximate surface area is 163 Å². The second-order valence-electron chi connectivity index (χ2n) is 8.38. The van der Waals surface area contributed by atoms with E-state index in [2.05, 4.69) is 14.8 Å². The third-order valence-corrected chi connectivity index (χ3v) is 6.50. The van der Waals surface area contributed by atoms with Crippen molar-refractivity contribution in [3.8, 4) is 0 Å². The van der Waals surface area contributed by atoms with E-state index >= 15 is 0 Å². The molecule has 0 spiro atoms. The van der Waals surface area contributed by atoms with Crippen LogP contribution in [0.4, 0.5) is 13.2 Å². The number of piperidine rings is 2. The molecule has 9 heteroatoms. The van der Waals surface area contributed by atoms with Gasteiger partial charge in [-0.3, -0.25) is 9.69 Å². The van der Waals surface area contributed by atoms with Crippen LogP contribution in [0.3, 0.4) is 0 Å². The summed E-state index contributed by atoms with van der Waals surface area (Å²) < 4.78 is 42.2. The van der Waals surface area contributed by atoms with Crippen molar-refractivity contribution in [1.29, 1.82) is 0 Å². The van der Waals surface area contributed by atoms with Crippen molar-refractivity contribution in [2.75, 3.05) is 40.3 Å². The van der Waals surface area contributed by atoms with Gasteiger partial charge in [0.2, 0.25) is 11.7 Å². The summed E-state index contributed by atoms with van der Waals surface area (Å²) in [5.41, 5.74) is 1.26. The predicted octanol–water partition coefficient (Wildman–Crippen LogP) is 2.15. The number of carbonyl (C=O) groups is 1. The molecule has 6 nitrogen and oxygen atoms in total. The number of likely N-dealkylation sites (tertiary alicyclic amines) is 2. The van der Waals surface area contributed by atoms with Crippen LogP contribution in [0.1, 0.15) is 48.8 Å². The monoisotopic (exact) mass is 399 g/mol. The van der Waals surface area contributed by atoms with Crippen LogP contribution in [0.15, 0.2) is 0 Å². The lowest BCUT2D eigenvalue weighted by molar-refractivity contribution is -0.148.